The number of unbranched alkanes of at least 4 members (excludes halogenated alkanes) is 1. The minimum Gasteiger partial charge on any atom is -0.483 e. The number of pyridine rings is 1. The molecule has 1 aromatic heterocycles. The molecule has 2 unspecified atom stereocenters. The van der Waals surface area contributed by atoms with Crippen molar-refractivity contribution in [2.45, 2.75) is 72.6 Å². The third-order valence-corrected chi connectivity index (χ3v) is 5.25. The molecule has 0 radical (unpaired) electrons. The molecular weight excluding hydrogens is 458 g/mol. The van der Waals surface area contributed by atoms with Gasteiger partial charge in [0.2, 0.25) is 0 Å². The number of rotatable bonds is 7. The summed E-state index contributed by atoms with van der Waals surface area (Å²) in [6, 6.07) is 1.81. The van der Waals surface area contributed by atoms with E-state index in [1.165, 1.54) is 0 Å². The molecule has 9 nitrogen and oxygen atoms in total. The van der Waals surface area contributed by atoms with Crippen LogP contribution in [-0.2, 0) is 14.9 Å². The van der Waals surface area contributed by atoms with Gasteiger partial charge in [0.25, 0.3) is 12.0 Å². The number of halogens is 1. The van der Waals surface area contributed by atoms with E-state index in [9.17, 15) is 4.79 Å². The minimum absolute atomic E-state index is 0.0133. The predicted octanol–water partition coefficient (Wildman–Crippen LogP) is 3.74. The molecule has 10 heteroatoms. The third kappa shape index (κ3) is 17.5. The molecule has 0 aromatic carbocycles. The van der Waals surface area contributed by atoms with Crippen molar-refractivity contribution < 1.29 is 14.6 Å². The number of aromatic nitrogens is 1. The van der Waals surface area contributed by atoms with Crippen LogP contribution < -0.4 is 22.3 Å². The Kier molecular flexibility index (Phi) is 26.1. The lowest BCUT2D eigenvalue weighted by molar-refractivity contribution is -0.122. The summed E-state index contributed by atoms with van der Waals surface area (Å²) in [5.41, 5.74) is 10.8. The van der Waals surface area contributed by atoms with Crippen molar-refractivity contribution in [3.05, 3.63) is 33.2 Å². The van der Waals surface area contributed by atoms with Crippen LogP contribution in [0.2, 0.25) is 5.02 Å². The molecule has 200 valence electrons. The number of nitrogens with two attached hydrogens (primary N) is 2. The normalized spacial score (nSPS) is 18.2. The van der Waals surface area contributed by atoms with Crippen LogP contribution in [0.3, 0.4) is 0 Å². The van der Waals surface area contributed by atoms with E-state index >= 15 is 0 Å². The summed E-state index contributed by atoms with van der Waals surface area (Å²) in [5, 5.41) is 17.6. The molecule has 8 N–H and O–H groups in total. The number of ether oxygens (including phenoxy) is 1. The van der Waals surface area contributed by atoms with Gasteiger partial charge in [0, 0.05) is 23.8 Å². The van der Waals surface area contributed by atoms with Gasteiger partial charge in [-0.25, -0.2) is 0 Å². The highest BCUT2D eigenvalue weighted by Gasteiger charge is 2.37. The van der Waals surface area contributed by atoms with Crippen molar-refractivity contribution in [3.8, 4) is 0 Å². The molecule has 0 amide bonds. The van der Waals surface area contributed by atoms with Crippen LogP contribution in [0, 0.1) is 11.3 Å². The van der Waals surface area contributed by atoms with E-state index in [1.54, 1.807) is 6.20 Å². The highest BCUT2D eigenvalue weighted by Crippen LogP contribution is 2.35. The first-order valence-corrected chi connectivity index (χ1v) is 12.3. The zero-order valence-electron chi connectivity index (χ0n) is 21.9. The number of hydrogen-bond acceptors (Lipinski definition) is 6. The molecule has 0 aliphatic carbocycles. The fourth-order valence-electron chi connectivity index (χ4n) is 2.85. The summed E-state index contributed by atoms with van der Waals surface area (Å²) in [6.07, 6.45) is 5.78. The Morgan fingerprint density at radius 3 is 2.38 bits per heavy atom. The van der Waals surface area contributed by atoms with Crippen LogP contribution in [0.25, 0.3) is 0 Å². The molecule has 1 saturated heterocycles. The summed E-state index contributed by atoms with van der Waals surface area (Å²) >= 11 is 5.96. The van der Waals surface area contributed by atoms with E-state index in [2.05, 4.69) is 38.0 Å². The maximum absolute atomic E-state index is 11.9. The number of carboxylic acid groups (broad SMARTS) is 1. The van der Waals surface area contributed by atoms with Crippen LogP contribution in [0.5, 0.6) is 0 Å². The van der Waals surface area contributed by atoms with Crippen molar-refractivity contribution in [3.63, 3.8) is 0 Å². The van der Waals surface area contributed by atoms with Gasteiger partial charge in [0.15, 0.2) is 0 Å². The van der Waals surface area contributed by atoms with Gasteiger partial charge in [-0.05, 0) is 50.9 Å². The molecule has 1 aromatic rings. The minimum atomic E-state index is -0.250. The number of aromatic amines is 1. The van der Waals surface area contributed by atoms with E-state index in [1.807, 2.05) is 19.9 Å². The summed E-state index contributed by atoms with van der Waals surface area (Å²) in [5.74, 6) is 0.534. The summed E-state index contributed by atoms with van der Waals surface area (Å²) in [4.78, 5) is 23.0. The number of carbonyl (C=O) groups is 1. The SMILES string of the molecule is CC.CC1CNCCC1(C)c1cc(Cl)c[nH]c1=O.CCCCOCC(=N)N.CCCN.O=CO. The first-order valence-electron chi connectivity index (χ1n) is 11.9. The number of H-pyrrole nitrogens is 1. The number of hydrogen-bond donors (Lipinski definition) is 6. The van der Waals surface area contributed by atoms with Crippen molar-refractivity contribution in [1.82, 2.24) is 10.3 Å². The average molecular weight is 506 g/mol. The standard InChI is InChI=1S/C12H17ClN2O.C6H14N2O.C3H9N.C2H6.CH2O2/c1-8-6-14-4-3-12(8,2)10-5-9(13)7-15-11(10)16;1-2-3-4-9-5-6(7)8;1-2-3-4;1-2;2-1-3/h5,7-8,14H,3-4,6H2,1-2H3,(H,15,16);2-5H2,1H3,(H3,7,8);2-4H2,1H3;1-2H3;1H,(H,2,3). The second kappa shape index (κ2) is 24.2. The maximum atomic E-state index is 11.9. The molecule has 34 heavy (non-hydrogen) atoms. The Morgan fingerprint density at radius 2 is 1.94 bits per heavy atom. The molecule has 1 fully saturated rings. The predicted molar refractivity (Wildman–Crippen MR) is 143 cm³/mol. The van der Waals surface area contributed by atoms with Crippen molar-refractivity contribution >= 4 is 23.9 Å². The summed E-state index contributed by atoms with van der Waals surface area (Å²) < 4.78 is 4.99. The molecule has 2 atom stereocenters. The highest BCUT2D eigenvalue weighted by molar-refractivity contribution is 6.30. The van der Waals surface area contributed by atoms with Crippen molar-refractivity contribution in [1.29, 1.82) is 5.41 Å². The van der Waals surface area contributed by atoms with Crippen LogP contribution in [0.1, 0.15) is 72.8 Å². The van der Waals surface area contributed by atoms with Gasteiger partial charge in [-0.2, -0.15) is 0 Å². The second-order valence-corrected chi connectivity index (χ2v) is 8.10. The van der Waals surface area contributed by atoms with Crippen LogP contribution >= 0.6 is 11.6 Å². The zero-order valence-corrected chi connectivity index (χ0v) is 22.6. The molecule has 0 bridgehead atoms. The highest BCUT2D eigenvalue weighted by atomic mass is 35.5. The van der Waals surface area contributed by atoms with Crippen LogP contribution in [0.4, 0.5) is 0 Å². The monoisotopic (exact) mass is 505 g/mol. The Hall–Kier alpha value is -1.94. The fraction of sp³-hybridized carbons (Fsp3) is 0.708. The average Bonchev–Trinajstić information content (AvgIpc) is 2.82. The van der Waals surface area contributed by atoms with Crippen molar-refractivity contribution in [2.24, 2.45) is 17.4 Å². The molecule has 1 aliphatic rings. The number of amidine groups is 1. The summed E-state index contributed by atoms with van der Waals surface area (Å²) in [6.45, 7) is 15.9. The molecule has 2 rings (SSSR count). The molecule has 2 heterocycles. The zero-order chi connectivity index (χ0) is 27.0. The van der Waals surface area contributed by atoms with E-state index in [0.717, 1.165) is 57.5 Å². The first kappa shape index (κ1) is 36.6. The molecule has 0 spiro atoms. The Balaban J connectivity index is -0.000000453. The lowest BCUT2D eigenvalue weighted by Gasteiger charge is -2.40. The topological polar surface area (TPSA) is 167 Å². The van der Waals surface area contributed by atoms with Crippen molar-refractivity contribution in [2.75, 3.05) is 32.8 Å². The number of nitrogens with one attached hydrogen (secondary N) is 3. The van der Waals surface area contributed by atoms with E-state index in [0.29, 0.717) is 10.9 Å². The van der Waals surface area contributed by atoms with Gasteiger partial charge < -0.3 is 31.6 Å². The molecule has 0 saturated carbocycles. The number of piperidine rings is 1. The van der Waals surface area contributed by atoms with E-state index < -0.39 is 0 Å². The van der Waals surface area contributed by atoms with Crippen LogP contribution in [-0.4, -0.2) is 55.2 Å². The lowest BCUT2D eigenvalue weighted by atomic mass is 9.69. The largest absolute Gasteiger partial charge is 0.483 e. The van der Waals surface area contributed by atoms with Gasteiger partial charge in [-0.3, -0.25) is 15.0 Å². The van der Waals surface area contributed by atoms with Gasteiger partial charge >= 0.3 is 0 Å². The van der Waals surface area contributed by atoms with Gasteiger partial charge in [-0.15, -0.1) is 0 Å². The van der Waals surface area contributed by atoms with Gasteiger partial charge in [0.1, 0.15) is 12.4 Å². The second-order valence-electron chi connectivity index (χ2n) is 7.66. The fourth-order valence-corrected chi connectivity index (χ4v) is 3.01. The molecular formula is C24H48ClN5O4. The Morgan fingerprint density at radius 1 is 1.38 bits per heavy atom. The quantitative estimate of drug-likeness (QED) is 0.142. The van der Waals surface area contributed by atoms with E-state index in [-0.39, 0.29) is 29.9 Å². The van der Waals surface area contributed by atoms with E-state index in [4.69, 9.17) is 43.1 Å². The van der Waals surface area contributed by atoms with Gasteiger partial charge in [-0.1, -0.05) is 59.6 Å². The maximum Gasteiger partial charge on any atom is 0.290 e. The van der Waals surface area contributed by atoms with Crippen LogP contribution in [0.15, 0.2) is 17.1 Å². The summed E-state index contributed by atoms with van der Waals surface area (Å²) in [7, 11) is 0. The van der Waals surface area contributed by atoms with Gasteiger partial charge in [0.05, 0.1) is 5.02 Å². The first-order chi connectivity index (χ1) is 16.1. The lowest BCUT2D eigenvalue weighted by Crippen LogP contribution is -2.47. The Bertz CT molecular complexity index is 686. The molecule has 1 aliphatic heterocycles. The smallest absolute Gasteiger partial charge is 0.290 e. The Labute approximate surface area is 210 Å². The third-order valence-electron chi connectivity index (χ3n) is 5.03.